The molecule has 2 aliphatic rings. The highest BCUT2D eigenvalue weighted by Gasteiger charge is 2.34. The number of nitrogens with two attached hydrogens (primary N) is 1. The van der Waals surface area contributed by atoms with Crippen LogP contribution in [0.1, 0.15) is 51.9 Å². The highest BCUT2D eigenvalue weighted by Crippen LogP contribution is 2.26. The molecule has 21 heavy (non-hydrogen) atoms. The first-order valence-corrected chi connectivity index (χ1v) is 7.71. The first kappa shape index (κ1) is 18.0. The molecule has 0 radical (unpaired) electrons. The summed E-state index contributed by atoms with van der Waals surface area (Å²) in [5, 5.41) is 9.19. The summed E-state index contributed by atoms with van der Waals surface area (Å²) in [5.74, 6) is -0.0939. The molecular formula is C14H27ClN4O2. The van der Waals surface area contributed by atoms with E-state index in [-0.39, 0.29) is 24.4 Å². The van der Waals surface area contributed by atoms with Crippen LogP contribution in [0.15, 0.2) is 0 Å². The van der Waals surface area contributed by atoms with Crippen molar-refractivity contribution in [1.29, 1.82) is 0 Å². The summed E-state index contributed by atoms with van der Waals surface area (Å²) in [4.78, 5) is 23.3. The number of hydrogen-bond acceptors (Lipinski definition) is 3. The van der Waals surface area contributed by atoms with Crippen LogP contribution in [0.3, 0.4) is 0 Å². The van der Waals surface area contributed by atoms with E-state index in [9.17, 15) is 9.59 Å². The van der Waals surface area contributed by atoms with Crippen LogP contribution in [-0.4, -0.2) is 36.1 Å². The van der Waals surface area contributed by atoms with Crippen LogP contribution in [0.25, 0.3) is 0 Å². The second-order valence-corrected chi connectivity index (χ2v) is 6.02. The number of rotatable bonds is 6. The van der Waals surface area contributed by atoms with Crippen molar-refractivity contribution in [1.82, 2.24) is 16.0 Å². The van der Waals surface area contributed by atoms with Crippen LogP contribution >= 0.6 is 12.4 Å². The van der Waals surface area contributed by atoms with Crippen molar-refractivity contribution in [3.8, 4) is 0 Å². The quantitative estimate of drug-likeness (QED) is 0.589. The van der Waals surface area contributed by atoms with Gasteiger partial charge in [-0.25, -0.2) is 4.79 Å². The fourth-order valence-corrected chi connectivity index (χ4v) is 3.33. The number of halogens is 1. The number of amides is 3. The lowest BCUT2D eigenvalue weighted by atomic mass is 9.99. The molecule has 6 nitrogen and oxygen atoms in total. The Morgan fingerprint density at radius 3 is 2.43 bits per heavy atom. The maximum Gasteiger partial charge on any atom is 0.312 e. The van der Waals surface area contributed by atoms with Gasteiger partial charge in [0.05, 0.1) is 0 Å². The van der Waals surface area contributed by atoms with Crippen LogP contribution in [0.2, 0.25) is 0 Å². The Morgan fingerprint density at radius 1 is 1.29 bits per heavy atom. The van der Waals surface area contributed by atoms with E-state index in [1.807, 2.05) is 0 Å². The van der Waals surface area contributed by atoms with Gasteiger partial charge in [0.15, 0.2) is 0 Å². The van der Waals surface area contributed by atoms with Gasteiger partial charge in [0, 0.05) is 18.1 Å². The molecule has 2 saturated heterocycles. The molecule has 0 aromatic heterocycles. The van der Waals surface area contributed by atoms with Crippen LogP contribution in [0, 0.1) is 0 Å². The SMILES string of the molecule is CCCCC(NC(N)=O)C(=O)NC1CC2CCC(C1)N2.Cl. The minimum Gasteiger partial charge on any atom is -0.352 e. The number of urea groups is 1. The van der Waals surface area contributed by atoms with Gasteiger partial charge < -0.3 is 21.7 Å². The number of piperidine rings is 1. The molecule has 0 spiro atoms. The molecule has 2 rings (SSSR count). The lowest BCUT2D eigenvalue weighted by Crippen LogP contribution is -2.54. The fourth-order valence-electron chi connectivity index (χ4n) is 3.33. The van der Waals surface area contributed by atoms with Crippen LogP contribution < -0.4 is 21.7 Å². The summed E-state index contributed by atoms with van der Waals surface area (Å²) >= 11 is 0. The van der Waals surface area contributed by atoms with E-state index in [0.29, 0.717) is 18.5 Å². The predicted octanol–water partition coefficient (Wildman–Crippen LogP) is 1.03. The number of unbranched alkanes of at least 4 members (excludes halogenated alkanes) is 1. The third kappa shape index (κ3) is 5.36. The molecule has 0 saturated carbocycles. The number of primary amides is 1. The van der Waals surface area contributed by atoms with Gasteiger partial charge in [-0.2, -0.15) is 0 Å². The van der Waals surface area contributed by atoms with Crippen LogP contribution in [0.4, 0.5) is 4.79 Å². The number of nitrogens with one attached hydrogen (secondary N) is 3. The third-order valence-corrected chi connectivity index (χ3v) is 4.30. The maximum atomic E-state index is 12.3. The minimum atomic E-state index is -0.633. The Bertz CT molecular complexity index is 355. The van der Waals surface area contributed by atoms with Gasteiger partial charge in [0.1, 0.15) is 6.04 Å². The largest absolute Gasteiger partial charge is 0.352 e. The Hall–Kier alpha value is -1.01. The van der Waals surface area contributed by atoms with E-state index in [4.69, 9.17) is 5.73 Å². The molecule has 122 valence electrons. The number of hydrogen-bond donors (Lipinski definition) is 4. The standard InChI is InChI=1S/C14H26N4O2.ClH/c1-2-3-4-12(18-14(15)20)13(19)17-11-7-9-5-6-10(8-11)16-9;/h9-12,16H,2-8H2,1H3,(H,17,19)(H3,15,18,20);1H. The van der Waals surface area contributed by atoms with E-state index in [2.05, 4.69) is 22.9 Å². The summed E-state index contributed by atoms with van der Waals surface area (Å²) in [7, 11) is 0. The molecule has 5 N–H and O–H groups in total. The highest BCUT2D eigenvalue weighted by atomic mass is 35.5. The topological polar surface area (TPSA) is 96.2 Å². The van der Waals surface area contributed by atoms with Gasteiger partial charge in [-0.05, 0) is 32.1 Å². The van der Waals surface area contributed by atoms with Crippen molar-refractivity contribution in [2.45, 2.75) is 76.0 Å². The molecular weight excluding hydrogens is 292 g/mol. The van der Waals surface area contributed by atoms with Crippen molar-refractivity contribution >= 4 is 24.3 Å². The van der Waals surface area contributed by atoms with Crippen LogP contribution in [0.5, 0.6) is 0 Å². The van der Waals surface area contributed by atoms with E-state index in [1.54, 1.807) is 0 Å². The monoisotopic (exact) mass is 318 g/mol. The van der Waals surface area contributed by atoms with Crippen molar-refractivity contribution in [3.05, 3.63) is 0 Å². The smallest absolute Gasteiger partial charge is 0.312 e. The lowest BCUT2D eigenvalue weighted by Gasteiger charge is -2.31. The number of carbonyl (C=O) groups is 2. The van der Waals surface area contributed by atoms with E-state index in [1.165, 1.54) is 12.8 Å². The van der Waals surface area contributed by atoms with Crippen molar-refractivity contribution < 1.29 is 9.59 Å². The van der Waals surface area contributed by atoms with Crippen LogP contribution in [-0.2, 0) is 4.79 Å². The predicted molar refractivity (Wildman–Crippen MR) is 84.4 cm³/mol. The molecule has 2 aliphatic heterocycles. The molecule has 7 heteroatoms. The molecule has 2 bridgehead atoms. The molecule has 0 aliphatic carbocycles. The Balaban J connectivity index is 0.00000220. The molecule has 3 amide bonds. The number of fused-ring (bicyclic) bond motifs is 2. The van der Waals surface area contributed by atoms with Crippen molar-refractivity contribution in [2.24, 2.45) is 5.73 Å². The Labute approximate surface area is 132 Å². The highest BCUT2D eigenvalue weighted by molar-refractivity contribution is 5.86. The first-order valence-electron chi connectivity index (χ1n) is 7.71. The summed E-state index contributed by atoms with van der Waals surface area (Å²) in [6, 6.07) is 0.168. The maximum absolute atomic E-state index is 12.3. The van der Waals surface area contributed by atoms with Gasteiger partial charge in [-0.3, -0.25) is 4.79 Å². The summed E-state index contributed by atoms with van der Waals surface area (Å²) < 4.78 is 0. The van der Waals surface area contributed by atoms with Gasteiger partial charge in [-0.15, -0.1) is 12.4 Å². The molecule has 3 atom stereocenters. The number of carbonyl (C=O) groups excluding carboxylic acids is 2. The average molecular weight is 319 g/mol. The lowest BCUT2D eigenvalue weighted by molar-refractivity contribution is -0.124. The summed E-state index contributed by atoms with van der Waals surface area (Å²) in [6.45, 7) is 2.06. The van der Waals surface area contributed by atoms with Gasteiger partial charge in [0.2, 0.25) is 5.91 Å². The van der Waals surface area contributed by atoms with Crippen molar-refractivity contribution in [3.63, 3.8) is 0 Å². The Morgan fingerprint density at radius 2 is 1.90 bits per heavy atom. The Kier molecular flexibility index (Phi) is 7.25. The minimum absolute atomic E-state index is 0. The van der Waals surface area contributed by atoms with E-state index >= 15 is 0 Å². The first-order chi connectivity index (χ1) is 9.58. The molecule has 2 heterocycles. The fraction of sp³-hybridized carbons (Fsp3) is 0.857. The zero-order valence-corrected chi connectivity index (χ0v) is 13.4. The molecule has 2 fully saturated rings. The normalized spacial score (nSPS) is 28.3. The summed E-state index contributed by atoms with van der Waals surface area (Å²) in [6.07, 6.45) is 6.91. The molecule has 0 aromatic carbocycles. The van der Waals surface area contributed by atoms with Gasteiger partial charge in [-0.1, -0.05) is 19.8 Å². The summed E-state index contributed by atoms with van der Waals surface area (Å²) in [5.41, 5.74) is 5.15. The zero-order chi connectivity index (χ0) is 14.5. The van der Waals surface area contributed by atoms with Gasteiger partial charge >= 0.3 is 6.03 Å². The van der Waals surface area contributed by atoms with E-state index in [0.717, 1.165) is 25.7 Å². The van der Waals surface area contributed by atoms with Crippen molar-refractivity contribution in [2.75, 3.05) is 0 Å². The third-order valence-electron chi connectivity index (χ3n) is 4.30. The second kappa shape index (κ2) is 8.44. The average Bonchev–Trinajstić information content (AvgIpc) is 2.73. The zero-order valence-electron chi connectivity index (χ0n) is 12.6. The molecule has 3 unspecified atom stereocenters. The molecule has 0 aromatic rings. The van der Waals surface area contributed by atoms with E-state index < -0.39 is 12.1 Å². The second-order valence-electron chi connectivity index (χ2n) is 6.02. The van der Waals surface area contributed by atoms with Gasteiger partial charge in [0.25, 0.3) is 0 Å².